The van der Waals surface area contributed by atoms with Gasteiger partial charge in [0.05, 0.1) is 5.69 Å². The summed E-state index contributed by atoms with van der Waals surface area (Å²) < 4.78 is 0. The lowest BCUT2D eigenvalue weighted by molar-refractivity contribution is 0.0926. The van der Waals surface area contributed by atoms with Crippen LogP contribution in [0.5, 0.6) is 0 Å². The number of nitrogen functional groups attached to an aromatic ring is 1. The van der Waals surface area contributed by atoms with Gasteiger partial charge >= 0.3 is 0 Å². The molecule has 4 N–H and O–H groups in total. The third-order valence-corrected chi connectivity index (χ3v) is 4.71. The molecule has 0 bridgehead atoms. The highest BCUT2D eigenvalue weighted by molar-refractivity contribution is 5.95. The molecule has 0 saturated heterocycles. The Hall–Kier alpha value is -1.55. The molecule has 2 rings (SSSR count). The standard InChI is InChI=1S/C16H25N3O/c1-4-12-5-8-15(11(12)3)18-16(20)13-6-7-14(19-17)10(2)9-13/h6-7,9,11-12,15,19H,4-5,8,17H2,1-3H3,(H,18,20). The number of anilines is 1. The predicted molar refractivity (Wildman–Crippen MR) is 82.4 cm³/mol. The molecule has 1 aromatic carbocycles. The van der Waals surface area contributed by atoms with E-state index in [4.69, 9.17) is 5.84 Å². The molecule has 3 atom stereocenters. The maximum Gasteiger partial charge on any atom is 0.251 e. The number of hydrogen-bond acceptors (Lipinski definition) is 3. The monoisotopic (exact) mass is 275 g/mol. The van der Waals surface area contributed by atoms with Gasteiger partial charge in [0.25, 0.3) is 5.91 Å². The number of rotatable bonds is 4. The lowest BCUT2D eigenvalue weighted by Crippen LogP contribution is -2.37. The second-order valence-electron chi connectivity index (χ2n) is 5.86. The summed E-state index contributed by atoms with van der Waals surface area (Å²) >= 11 is 0. The molecule has 1 fully saturated rings. The maximum absolute atomic E-state index is 12.3. The van der Waals surface area contributed by atoms with Crippen molar-refractivity contribution in [3.63, 3.8) is 0 Å². The fourth-order valence-corrected chi connectivity index (χ4v) is 3.25. The van der Waals surface area contributed by atoms with Crippen molar-refractivity contribution >= 4 is 11.6 Å². The number of amides is 1. The highest BCUT2D eigenvalue weighted by atomic mass is 16.1. The molecular weight excluding hydrogens is 250 g/mol. The normalized spacial score (nSPS) is 25.5. The number of carbonyl (C=O) groups excluding carboxylic acids is 1. The molecule has 1 amide bonds. The fourth-order valence-electron chi connectivity index (χ4n) is 3.25. The van der Waals surface area contributed by atoms with Crippen LogP contribution in [0.1, 0.15) is 49.0 Å². The van der Waals surface area contributed by atoms with Gasteiger partial charge in [-0.25, -0.2) is 0 Å². The summed E-state index contributed by atoms with van der Waals surface area (Å²) in [6, 6.07) is 5.84. The molecule has 0 radical (unpaired) electrons. The molecule has 110 valence electrons. The summed E-state index contributed by atoms with van der Waals surface area (Å²) in [4.78, 5) is 12.3. The Morgan fingerprint density at radius 1 is 1.40 bits per heavy atom. The van der Waals surface area contributed by atoms with E-state index < -0.39 is 0 Å². The van der Waals surface area contributed by atoms with Crippen LogP contribution >= 0.6 is 0 Å². The molecule has 1 saturated carbocycles. The van der Waals surface area contributed by atoms with Crippen LogP contribution in [0.2, 0.25) is 0 Å². The summed E-state index contributed by atoms with van der Waals surface area (Å²) in [5, 5.41) is 3.18. The molecule has 1 aliphatic rings. The van der Waals surface area contributed by atoms with Crippen molar-refractivity contribution in [2.24, 2.45) is 17.7 Å². The zero-order valence-electron chi connectivity index (χ0n) is 12.6. The Morgan fingerprint density at radius 2 is 2.15 bits per heavy atom. The smallest absolute Gasteiger partial charge is 0.251 e. The van der Waals surface area contributed by atoms with Crippen LogP contribution < -0.4 is 16.6 Å². The molecule has 1 aromatic rings. The summed E-state index contributed by atoms with van der Waals surface area (Å²) in [5.41, 5.74) is 5.15. The van der Waals surface area contributed by atoms with Crippen LogP contribution in [0.4, 0.5) is 5.69 Å². The van der Waals surface area contributed by atoms with Crippen molar-refractivity contribution in [3.05, 3.63) is 29.3 Å². The minimum atomic E-state index is 0.0188. The first kappa shape index (κ1) is 14.9. The van der Waals surface area contributed by atoms with Gasteiger partial charge in [-0.2, -0.15) is 0 Å². The van der Waals surface area contributed by atoms with Crippen LogP contribution in [0.25, 0.3) is 0 Å². The first-order valence-electron chi connectivity index (χ1n) is 7.45. The van der Waals surface area contributed by atoms with Crippen LogP contribution in [0.3, 0.4) is 0 Å². The van der Waals surface area contributed by atoms with Gasteiger partial charge in [-0.3, -0.25) is 10.6 Å². The number of nitrogens with two attached hydrogens (primary N) is 1. The fraction of sp³-hybridized carbons (Fsp3) is 0.562. The van der Waals surface area contributed by atoms with E-state index in [1.807, 2.05) is 25.1 Å². The number of hydrogen-bond donors (Lipinski definition) is 3. The quantitative estimate of drug-likeness (QED) is 0.584. The van der Waals surface area contributed by atoms with Gasteiger partial charge in [-0.15, -0.1) is 0 Å². The Balaban J connectivity index is 2.04. The predicted octanol–water partition coefficient (Wildman–Crippen LogP) is 2.84. The minimum Gasteiger partial charge on any atom is -0.349 e. The Labute approximate surface area is 121 Å². The number of benzene rings is 1. The molecule has 3 unspecified atom stereocenters. The van der Waals surface area contributed by atoms with Gasteiger partial charge < -0.3 is 10.7 Å². The molecule has 0 heterocycles. The molecule has 20 heavy (non-hydrogen) atoms. The van der Waals surface area contributed by atoms with Crippen molar-refractivity contribution < 1.29 is 4.79 Å². The SMILES string of the molecule is CCC1CCC(NC(=O)c2ccc(NN)c(C)c2)C1C. The van der Waals surface area contributed by atoms with E-state index in [0.29, 0.717) is 17.5 Å². The largest absolute Gasteiger partial charge is 0.349 e. The average Bonchev–Trinajstić information content (AvgIpc) is 2.79. The lowest BCUT2D eigenvalue weighted by atomic mass is 9.93. The summed E-state index contributed by atoms with van der Waals surface area (Å²) in [7, 11) is 0. The van der Waals surface area contributed by atoms with Gasteiger partial charge in [-0.05, 0) is 55.4 Å². The third-order valence-electron chi connectivity index (χ3n) is 4.71. The molecular formula is C16H25N3O. The Morgan fingerprint density at radius 3 is 2.70 bits per heavy atom. The van der Waals surface area contributed by atoms with Crippen molar-refractivity contribution in [2.45, 2.75) is 46.1 Å². The van der Waals surface area contributed by atoms with E-state index in [9.17, 15) is 4.79 Å². The van der Waals surface area contributed by atoms with E-state index in [0.717, 1.165) is 23.6 Å². The molecule has 4 nitrogen and oxygen atoms in total. The van der Waals surface area contributed by atoms with Gasteiger partial charge in [0.1, 0.15) is 0 Å². The third kappa shape index (κ3) is 2.96. The molecule has 0 spiro atoms. The molecule has 4 heteroatoms. The highest BCUT2D eigenvalue weighted by Gasteiger charge is 2.32. The summed E-state index contributed by atoms with van der Waals surface area (Å²) in [6.07, 6.45) is 3.51. The van der Waals surface area contributed by atoms with Crippen LogP contribution in [-0.4, -0.2) is 11.9 Å². The Kier molecular flexibility index (Phi) is 4.65. The van der Waals surface area contributed by atoms with Crippen molar-refractivity contribution in [1.29, 1.82) is 0 Å². The number of hydrazine groups is 1. The van der Waals surface area contributed by atoms with E-state index in [1.165, 1.54) is 12.8 Å². The van der Waals surface area contributed by atoms with E-state index >= 15 is 0 Å². The topological polar surface area (TPSA) is 67.2 Å². The number of carbonyl (C=O) groups is 1. The minimum absolute atomic E-state index is 0.0188. The van der Waals surface area contributed by atoms with Crippen molar-refractivity contribution in [2.75, 3.05) is 5.43 Å². The highest BCUT2D eigenvalue weighted by Crippen LogP contribution is 2.34. The van der Waals surface area contributed by atoms with E-state index in [1.54, 1.807) is 0 Å². The Bertz CT molecular complexity index is 487. The van der Waals surface area contributed by atoms with Crippen LogP contribution in [-0.2, 0) is 0 Å². The zero-order valence-corrected chi connectivity index (χ0v) is 12.6. The zero-order chi connectivity index (χ0) is 14.7. The van der Waals surface area contributed by atoms with E-state index in [2.05, 4.69) is 24.6 Å². The summed E-state index contributed by atoms with van der Waals surface area (Å²) in [6.45, 7) is 6.42. The second-order valence-corrected chi connectivity index (χ2v) is 5.86. The number of nitrogens with one attached hydrogen (secondary N) is 2. The first-order chi connectivity index (χ1) is 9.56. The van der Waals surface area contributed by atoms with Crippen LogP contribution in [0.15, 0.2) is 18.2 Å². The van der Waals surface area contributed by atoms with Gasteiger partial charge in [-0.1, -0.05) is 20.3 Å². The van der Waals surface area contributed by atoms with Crippen molar-refractivity contribution in [3.8, 4) is 0 Å². The van der Waals surface area contributed by atoms with Crippen LogP contribution in [0, 0.1) is 18.8 Å². The van der Waals surface area contributed by atoms with E-state index in [-0.39, 0.29) is 5.91 Å². The molecule has 0 aromatic heterocycles. The molecule has 0 aliphatic heterocycles. The van der Waals surface area contributed by atoms with Gasteiger partial charge in [0.15, 0.2) is 0 Å². The average molecular weight is 275 g/mol. The lowest BCUT2D eigenvalue weighted by Gasteiger charge is -2.21. The summed E-state index contributed by atoms with van der Waals surface area (Å²) in [5.74, 6) is 6.73. The maximum atomic E-state index is 12.3. The second kappa shape index (κ2) is 6.27. The first-order valence-corrected chi connectivity index (χ1v) is 7.45. The van der Waals surface area contributed by atoms with Gasteiger partial charge in [0.2, 0.25) is 0 Å². The number of aryl methyl sites for hydroxylation is 1. The van der Waals surface area contributed by atoms with Crippen molar-refractivity contribution in [1.82, 2.24) is 5.32 Å². The molecule has 1 aliphatic carbocycles. The van der Waals surface area contributed by atoms with Gasteiger partial charge in [0, 0.05) is 11.6 Å².